The van der Waals surface area contributed by atoms with Gasteiger partial charge in [-0.15, -0.1) is 0 Å². The Hall–Kier alpha value is -2.56. The zero-order valence-corrected chi connectivity index (χ0v) is 10.2. The van der Waals surface area contributed by atoms with Crippen molar-refractivity contribution in [2.75, 3.05) is 7.11 Å². The average Bonchev–Trinajstić information content (AvgIpc) is 2.84. The Morgan fingerprint density at radius 3 is 2.84 bits per heavy atom. The van der Waals surface area contributed by atoms with E-state index in [1.165, 1.54) is 13.2 Å². The minimum atomic E-state index is -0.443. The van der Waals surface area contributed by atoms with Gasteiger partial charge in [0.15, 0.2) is 23.0 Å². The van der Waals surface area contributed by atoms with Crippen LogP contribution < -0.4 is 4.74 Å². The number of imidazole rings is 1. The molecule has 0 bridgehead atoms. The summed E-state index contributed by atoms with van der Waals surface area (Å²) in [5.41, 5.74) is 1.65. The summed E-state index contributed by atoms with van der Waals surface area (Å²) in [5, 5.41) is 9.69. The van der Waals surface area contributed by atoms with Gasteiger partial charge in [0.1, 0.15) is 0 Å². The van der Waals surface area contributed by atoms with Crippen LogP contribution in [0.25, 0.3) is 16.9 Å². The number of fused-ring (bicyclic) bond motifs is 1. The third-order valence-corrected chi connectivity index (χ3v) is 2.91. The predicted molar refractivity (Wildman–Crippen MR) is 68.8 cm³/mol. The first-order valence-electron chi connectivity index (χ1n) is 5.69. The summed E-state index contributed by atoms with van der Waals surface area (Å²) >= 11 is 0. The fourth-order valence-electron chi connectivity index (χ4n) is 1.96. The van der Waals surface area contributed by atoms with Crippen molar-refractivity contribution in [3.8, 4) is 22.8 Å². The molecule has 19 heavy (non-hydrogen) atoms. The van der Waals surface area contributed by atoms with E-state index >= 15 is 0 Å². The molecule has 1 aromatic carbocycles. The SMILES string of the molecule is COc1ccc(-c2cn3cccc(O)c3n2)cc1F. The lowest BCUT2D eigenvalue weighted by Gasteiger charge is -2.02. The van der Waals surface area contributed by atoms with Gasteiger partial charge in [-0.25, -0.2) is 9.37 Å². The molecule has 4 nitrogen and oxygen atoms in total. The summed E-state index contributed by atoms with van der Waals surface area (Å²) in [6, 6.07) is 7.90. The third-order valence-electron chi connectivity index (χ3n) is 2.91. The smallest absolute Gasteiger partial charge is 0.180 e. The largest absolute Gasteiger partial charge is 0.504 e. The van der Waals surface area contributed by atoms with Crippen molar-refractivity contribution in [3.63, 3.8) is 0 Å². The van der Waals surface area contributed by atoms with E-state index in [1.807, 2.05) is 0 Å². The number of benzene rings is 1. The van der Waals surface area contributed by atoms with Crippen molar-refractivity contribution in [2.45, 2.75) is 0 Å². The quantitative estimate of drug-likeness (QED) is 0.768. The maximum atomic E-state index is 13.7. The summed E-state index contributed by atoms with van der Waals surface area (Å²) in [4.78, 5) is 4.28. The van der Waals surface area contributed by atoms with E-state index in [4.69, 9.17) is 4.74 Å². The molecule has 3 aromatic rings. The highest BCUT2D eigenvalue weighted by Gasteiger charge is 2.10. The van der Waals surface area contributed by atoms with Crippen molar-refractivity contribution < 1.29 is 14.2 Å². The molecule has 0 amide bonds. The van der Waals surface area contributed by atoms with Crippen LogP contribution in [0.3, 0.4) is 0 Å². The van der Waals surface area contributed by atoms with E-state index < -0.39 is 5.82 Å². The molecular formula is C14H11FN2O2. The number of halogens is 1. The molecule has 2 aromatic heterocycles. The van der Waals surface area contributed by atoms with E-state index in [0.717, 1.165) is 0 Å². The normalized spacial score (nSPS) is 10.8. The lowest BCUT2D eigenvalue weighted by Crippen LogP contribution is -1.88. The van der Waals surface area contributed by atoms with Gasteiger partial charge in [-0.2, -0.15) is 0 Å². The van der Waals surface area contributed by atoms with Crippen LogP contribution in [-0.2, 0) is 0 Å². The van der Waals surface area contributed by atoms with Gasteiger partial charge in [0.05, 0.1) is 12.8 Å². The first-order valence-corrected chi connectivity index (χ1v) is 5.69. The highest BCUT2D eigenvalue weighted by molar-refractivity contribution is 5.66. The van der Waals surface area contributed by atoms with Crippen LogP contribution in [0.5, 0.6) is 11.5 Å². The van der Waals surface area contributed by atoms with Gasteiger partial charge < -0.3 is 14.2 Å². The summed E-state index contributed by atoms with van der Waals surface area (Å²) in [5.74, 6) is -0.167. The van der Waals surface area contributed by atoms with Crippen molar-refractivity contribution in [1.29, 1.82) is 0 Å². The molecule has 0 aliphatic rings. The lowest BCUT2D eigenvalue weighted by atomic mass is 10.1. The van der Waals surface area contributed by atoms with E-state index in [2.05, 4.69) is 4.98 Å². The number of rotatable bonds is 2. The first kappa shape index (κ1) is 11.5. The average molecular weight is 258 g/mol. The second-order valence-corrected chi connectivity index (χ2v) is 4.10. The zero-order valence-electron chi connectivity index (χ0n) is 10.2. The summed E-state index contributed by atoms with van der Waals surface area (Å²) in [7, 11) is 1.42. The second kappa shape index (κ2) is 4.28. The van der Waals surface area contributed by atoms with E-state index in [-0.39, 0.29) is 11.5 Å². The molecule has 96 valence electrons. The fourth-order valence-corrected chi connectivity index (χ4v) is 1.96. The number of nitrogens with zero attached hydrogens (tertiary/aromatic N) is 2. The van der Waals surface area contributed by atoms with Crippen molar-refractivity contribution in [3.05, 3.63) is 48.5 Å². The monoisotopic (exact) mass is 258 g/mol. The molecule has 0 unspecified atom stereocenters. The first-order chi connectivity index (χ1) is 9.19. The maximum Gasteiger partial charge on any atom is 0.180 e. The summed E-state index contributed by atoms with van der Waals surface area (Å²) in [6.07, 6.45) is 3.50. The molecule has 5 heteroatoms. The molecule has 0 spiro atoms. The number of ether oxygens (including phenoxy) is 1. The fraction of sp³-hybridized carbons (Fsp3) is 0.0714. The van der Waals surface area contributed by atoms with Crippen molar-refractivity contribution in [2.24, 2.45) is 0 Å². The standard InChI is InChI=1S/C14H11FN2O2/c1-19-13-5-4-9(7-10(13)15)11-8-17-6-2-3-12(18)14(17)16-11/h2-8,18H,1H3. The molecule has 0 fully saturated rings. The number of hydrogen-bond acceptors (Lipinski definition) is 3. The minimum absolute atomic E-state index is 0.0859. The molecule has 0 atom stereocenters. The van der Waals surface area contributed by atoms with Crippen molar-refractivity contribution in [1.82, 2.24) is 9.38 Å². The molecule has 0 aliphatic carbocycles. The molecule has 2 heterocycles. The Labute approximate surface area is 108 Å². The van der Waals surface area contributed by atoms with Crippen LogP contribution in [0.15, 0.2) is 42.7 Å². The van der Waals surface area contributed by atoms with Crippen LogP contribution in [0.1, 0.15) is 0 Å². The number of pyridine rings is 1. The van der Waals surface area contributed by atoms with Gasteiger partial charge in [-0.1, -0.05) is 0 Å². The molecule has 0 saturated carbocycles. The third kappa shape index (κ3) is 1.89. The highest BCUT2D eigenvalue weighted by Crippen LogP contribution is 2.27. The molecule has 0 saturated heterocycles. The van der Waals surface area contributed by atoms with Crippen molar-refractivity contribution >= 4 is 5.65 Å². The van der Waals surface area contributed by atoms with Crippen LogP contribution in [-0.4, -0.2) is 21.6 Å². The minimum Gasteiger partial charge on any atom is -0.504 e. The second-order valence-electron chi connectivity index (χ2n) is 4.10. The van der Waals surface area contributed by atoms with E-state index in [1.54, 1.807) is 41.1 Å². The lowest BCUT2D eigenvalue weighted by molar-refractivity contribution is 0.386. The Morgan fingerprint density at radius 2 is 2.16 bits per heavy atom. The molecular weight excluding hydrogens is 247 g/mol. The van der Waals surface area contributed by atoms with Gasteiger partial charge in [0.25, 0.3) is 0 Å². The molecule has 1 N–H and O–H groups in total. The summed E-state index contributed by atoms with van der Waals surface area (Å²) < 4.78 is 20.2. The maximum absolute atomic E-state index is 13.7. The topological polar surface area (TPSA) is 46.8 Å². The number of hydrogen-bond donors (Lipinski definition) is 1. The number of aromatic hydroxyl groups is 1. The van der Waals surface area contributed by atoms with E-state index in [9.17, 15) is 9.50 Å². The van der Waals surface area contributed by atoms with Crippen LogP contribution in [0.4, 0.5) is 4.39 Å². The van der Waals surface area contributed by atoms with Gasteiger partial charge in [-0.3, -0.25) is 0 Å². The predicted octanol–water partition coefficient (Wildman–Crippen LogP) is 2.85. The number of aromatic nitrogens is 2. The Balaban J connectivity index is 2.14. The summed E-state index contributed by atoms with van der Waals surface area (Å²) in [6.45, 7) is 0. The van der Waals surface area contributed by atoms with Gasteiger partial charge in [0, 0.05) is 18.0 Å². The van der Waals surface area contributed by atoms with Crippen LogP contribution >= 0.6 is 0 Å². The number of methoxy groups -OCH3 is 1. The van der Waals surface area contributed by atoms with Crippen LogP contribution in [0.2, 0.25) is 0 Å². The zero-order chi connectivity index (χ0) is 13.4. The molecule has 0 radical (unpaired) electrons. The Morgan fingerprint density at radius 1 is 1.32 bits per heavy atom. The van der Waals surface area contributed by atoms with Gasteiger partial charge >= 0.3 is 0 Å². The molecule has 0 aliphatic heterocycles. The van der Waals surface area contributed by atoms with Gasteiger partial charge in [0.2, 0.25) is 0 Å². The van der Waals surface area contributed by atoms with E-state index in [0.29, 0.717) is 16.9 Å². The highest BCUT2D eigenvalue weighted by atomic mass is 19.1. The Bertz CT molecular complexity index is 752. The van der Waals surface area contributed by atoms with Gasteiger partial charge in [-0.05, 0) is 30.3 Å². The molecule has 3 rings (SSSR count). The van der Waals surface area contributed by atoms with Crippen LogP contribution in [0, 0.1) is 5.82 Å². The Kier molecular flexibility index (Phi) is 2.59.